The van der Waals surface area contributed by atoms with E-state index in [1.165, 1.54) is 17.0 Å². The fraction of sp³-hybridized carbons (Fsp3) is 0.571. The minimum absolute atomic E-state index is 0.0343. The predicted molar refractivity (Wildman–Crippen MR) is 101 cm³/mol. The molecule has 0 spiro atoms. The highest BCUT2D eigenvalue weighted by Crippen LogP contribution is 2.34. The Bertz CT molecular complexity index is 872. The van der Waals surface area contributed by atoms with Crippen LogP contribution in [0, 0.1) is 17.6 Å². The van der Waals surface area contributed by atoms with Gasteiger partial charge < -0.3 is 15.0 Å². The quantitative estimate of drug-likeness (QED) is 0.452. The topological polar surface area (TPSA) is 75.7 Å². The summed E-state index contributed by atoms with van der Waals surface area (Å²) in [6.45, 7) is -1.97. The molecule has 2 fully saturated rings. The molecule has 176 valence electrons. The molecule has 1 saturated carbocycles. The van der Waals surface area contributed by atoms with Gasteiger partial charge in [0.1, 0.15) is 6.04 Å². The van der Waals surface area contributed by atoms with Crippen LogP contribution in [0.25, 0.3) is 0 Å². The number of ether oxygens (including phenoxy) is 1. The van der Waals surface area contributed by atoms with E-state index in [2.05, 4.69) is 10.1 Å². The van der Waals surface area contributed by atoms with Crippen LogP contribution in [0.4, 0.5) is 22.0 Å². The lowest BCUT2D eigenvalue weighted by atomic mass is 10.1. The summed E-state index contributed by atoms with van der Waals surface area (Å²) in [6.07, 6.45) is -2.70. The van der Waals surface area contributed by atoms with E-state index in [1.54, 1.807) is 0 Å². The van der Waals surface area contributed by atoms with Crippen LogP contribution in [0.3, 0.4) is 0 Å². The molecule has 1 aromatic rings. The number of alkyl halides is 3. The number of carbonyl (C=O) groups excluding carboxylic acids is 3. The third kappa shape index (κ3) is 6.64. The largest absolute Gasteiger partial charge is 0.455 e. The highest BCUT2D eigenvalue weighted by molar-refractivity contribution is 5.86. The molecule has 0 unspecified atom stereocenters. The molecular weight excluding hydrogens is 439 g/mol. The number of hydrogen-bond donors (Lipinski definition) is 1. The van der Waals surface area contributed by atoms with E-state index < -0.39 is 48.4 Å². The Morgan fingerprint density at radius 3 is 2.56 bits per heavy atom. The van der Waals surface area contributed by atoms with Crippen LogP contribution in [-0.4, -0.2) is 47.6 Å². The van der Waals surface area contributed by atoms with Gasteiger partial charge in [0.25, 0.3) is 0 Å². The Hall–Kier alpha value is -2.72. The van der Waals surface area contributed by atoms with Gasteiger partial charge in [-0.25, -0.2) is 13.6 Å². The van der Waals surface area contributed by atoms with Gasteiger partial charge in [-0.05, 0) is 24.8 Å². The van der Waals surface area contributed by atoms with E-state index in [1.807, 2.05) is 0 Å². The second kappa shape index (κ2) is 9.83. The number of esters is 1. The van der Waals surface area contributed by atoms with Crippen molar-refractivity contribution in [2.75, 3.05) is 6.61 Å². The number of nitrogens with one attached hydrogen (secondary N) is 1. The maximum absolute atomic E-state index is 14.0. The Balaban J connectivity index is 1.61. The van der Waals surface area contributed by atoms with Crippen molar-refractivity contribution in [1.82, 2.24) is 10.2 Å². The highest BCUT2D eigenvalue weighted by atomic mass is 19.4. The van der Waals surface area contributed by atoms with Crippen molar-refractivity contribution < 1.29 is 41.1 Å². The lowest BCUT2D eigenvalue weighted by Gasteiger charge is -2.26. The first-order chi connectivity index (χ1) is 15.0. The number of benzene rings is 1. The molecule has 2 atom stereocenters. The van der Waals surface area contributed by atoms with Crippen molar-refractivity contribution in [3.8, 4) is 0 Å². The van der Waals surface area contributed by atoms with Crippen molar-refractivity contribution >= 4 is 17.8 Å². The average molecular weight is 462 g/mol. The van der Waals surface area contributed by atoms with Gasteiger partial charge in [0, 0.05) is 31.0 Å². The summed E-state index contributed by atoms with van der Waals surface area (Å²) in [5.41, 5.74) is -0.0343. The number of likely N-dealkylation sites (tertiary alicyclic amines) is 1. The molecule has 1 saturated heterocycles. The minimum atomic E-state index is -4.68. The maximum atomic E-state index is 14.0. The van der Waals surface area contributed by atoms with Gasteiger partial charge in [0.2, 0.25) is 11.8 Å². The van der Waals surface area contributed by atoms with Crippen molar-refractivity contribution in [3.05, 3.63) is 35.4 Å². The third-order valence-corrected chi connectivity index (χ3v) is 5.51. The van der Waals surface area contributed by atoms with Gasteiger partial charge in [-0.3, -0.25) is 9.59 Å². The van der Waals surface area contributed by atoms with Gasteiger partial charge in [-0.2, -0.15) is 13.2 Å². The minimum Gasteiger partial charge on any atom is -0.455 e. The monoisotopic (exact) mass is 462 g/mol. The van der Waals surface area contributed by atoms with Crippen LogP contribution in [0.2, 0.25) is 0 Å². The lowest BCUT2D eigenvalue weighted by molar-refractivity contribution is -0.188. The van der Waals surface area contributed by atoms with Crippen LogP contribution in [-0.2, 0) is 25.7 Å². The van der Waals surface area contributed by atoms with Crippen LogP contribution in [0.15, 0.2) is 18.2 Å². The van der Waals surface area contributed by atoms with Gasteiger partial charge in [0.05, 0.1) is 0 Å². The fourth-order valence-electron chi connectivity index (χ4n) is 3.70. The van der Waals surface area contributed by atoms with E-state index in [-0.39, 0.29) is 43.2 Å². The Kier molecular flexibility index (Phi) is 7.35. The average Bonchev–Trinajstić information content (AvgIpc) is 3.47. The molecule has 3 rings (SSSR count). The zero-order chi connectivity index (χ0) is 23.5. The molecule has 1 aromatic carbocycles. The molecule has 2 amide bonds. The van der Waals surface area contributed by atoms with Gasteiger partial charge in [0.15, 0.2) is 18.2 Å². The van der Waals surface area contributed by atoms with Crippen molar-refractivity contribution in [2.24, 2.45) is 5.92 Å². The molecule has 1 N–H and O–H groups in total. The second-order valence-electron chi connectivity index (χ2n) is 8.15. The molecule has 11 heteroatoms. The van der Waals surface area contributed by atoms with Crippen LogP contribution in [0.5, 0.6) is 0 Å². The van der Waals surface area contributed by atoms with E-state index in [4.69, 9.17) is 0 Å². The number of amides is 2. The fourth-order valence-corrected chi connectivity index (χ4v) is 3.70. The standard InChI is InChI=1S/C21H23F5N2O4/c22-15-3-1-2-13(19(15)23)10-28-14(6-7-18(28)30)9-17(29)27-16(8-12-4-5-12)20(31)32-11-21(24,25)26/h1-3,12,14,16H,4-11H2,(H,27,29)/t14-,16-/m0/s1. The summed E-state index contributed by atoms with van der Waals surface area (Å²) in [7, 11) is 0. The number of nitrogens with zero attached hydrogens (tertiary/aromatic N) is 1. The molecule has 0 aromatic heterocycles. The smallest absolute Gasteiger partial charge is 0.422 e. The summed E-state index contributed by atoms with van der Waals surface area (Å²) in [5.74, 6) is -4.13. The maximum Gasteiger partial charge on any atom is 0.422 e. The van der Waals surface area contributed by atoms with E-state index in [0.717, 1.165) is 18.9 Å². The third-order valence-electron chi connectivity index (χ3n) is 5.51. The molecular formula is C21H23F5N2O4. The van der Waals surface area contributed by atoms with Crippen molar-refractivity contribution in [1.29, 1.82) is 0 Å². The summed E-state index contributed by atoms with van der Waals surface area (Å²) in [5, 5.41) is 2.42. The Labute approximate surface area is 181 Å². The van der Waals surface area contributed by atoms with Crippen molar-refractivity contribution in [2.45, 2.75) is 63.3 Å². The molecule has 0 radical (unpaired) electrons. The molecule has 6 nitrogen and oxygen atoms in total. The van der Waals surface area contributed by atoms with Crippen LogP contribution < -0.4 is 5.32 Å². The SMILES string of the molecule is O=C(C[C@@H]1CCC(=O)N1Cc1cccc(F)c1F)N[C@@H](CC1CC1)C(=O)OCC(F)(F)F. The van der Waals surface area contributed by atoms with Crippen LogP contribution >= 0.6 is 0 Å². The zero-order valence-electron chi connectivity index (χ0n) is 17.1. The van der Waals surface area contributed by atoms with Gasteiger partial charge in [-0.15, -0.1) is 0 Å². The predicted octanol–water partition coefficient (Wildman–Crippen LogP) is 3.24. The molecule has 32 heavy (non-hydrogen) atoms. The number of rotatable bonds is 9. The van der Waals surface area contributed by atoms with E-state index >= 15 is 0 Å². The first-order valence-electron chi connectivity index (χ1n) is 10.3. The summed E-state index contributed by atoms with van der Waals surface area (Å²) in [4.78, 5) is 38.1. The van der Waals surface area contributed by atoms with E-state index in [9.17, 15) is 36.3 Å². The van der Waals surface area contributed by atoms with Gasteiger partial charge in [-0.1, -0.05) is 25.0 Å². The zero-order valence-corrected chi connectivity index (χ0v) is 17.1. The first-order valence-corrected chi connectivity index (χ1v) is 10.3. The number of hydrogen-bond acceptors (Lipinski definition) is 4. The number of carbonyl (C=O) groups is 3. The molecule has 1 heterocycles. The molecule has 1 aliphatic heterocycles. The summed E-state index contributed by atoms with van der Waals surface area (Å²) in [6, 6.07) is 1.77. The number of halogens is 5. The molecule has 2 aliphatic rings. The Morgan fingerprint density at radius 1 is 1.19 bits per heavy atom. The second-order valence-corrected chi connectivity index (χ2v) is 8.15. The first kappa shape index (κ1) is 23.9. The van der Waals surface area contributed by atoms with Crippen molar-refractivity contribution in [3.63, 3.8) is 0 Å². The normalized spacial score (nSPS) is 19.7. The molecule has 0 bridgehead atoms. The lowest BCUT2D eigenvalue weighted by Crippen LogP contribution is -2.45. The van der Waals surface area contributed by atoms with E-state index in [0.29, 0.717) is 6.42 Å². The summed E-state index contributed by atoms with van der Waals surface area (Å²) < 4.78 is 68.8. The highest BCUT2D eigenvalue weighted by Gasteiger charge is 2.37. The van der Waals surface area contributed by atoms with Crippen LogP contribution in [0.1, 0.15) is 44.1 Å². The molecule has 1 aliphatic carbocycles. The summed E-state index contributed by atoms with van der Waals surface area (Å²) >= 11 is 0. The van der Waals surface area contributed by atoms with Gasteiger partial charge >= 0.3 is 12.1 Å². The Morgan fingerprint density at radius 2 is 1.91 bits per heavy atom.